The Balaban J connectivity index is 1.77. The SMILES string of the molecule is O=S(=O)(O)c1ccc(P(CCP(c2ccc(S(=O)(=O)O)cc2)c2ccc(S(=O)(=O)O)cc2)c2ccc(S(=O)(=O)O)cc2)cc1. The number of rotatable bonds is 11. The minimum atomic E-state index is -4.46. The summed E-state index contributed by atoms with van der Waals surface area (Å²) in [6.45, 7) is 0. The molecule has 0 bridgehead atoms. The Kier molecular flexibility index (Phi) is 10.1. The normalized spacial score (nSPS) is 13.0. The van der Waals surface area contributed by atoms with Crippen LogP contribution in [0.25, 0.3) is 0 Å². The predicted molar refractivity (Wildman–Crippen MR) is 167 cm³/mol. The molecule has 0 unspecified atom stereocenters. The van der Waals surface area contributed by atoms with Gasteiger partial charge in [-0.1, -0.05) is 48.5 Å². The fraction of sp³-hybridized carbons (Fsp3) is 0.0769. The maximum Gasteiger partial charge on any atom is 0.294 e. The molecule has 0 aliphatic heterocycles. The van der Waals surface area contributed by atoms with Gasteiger partial charge in [0.1, 0.15) is 0 Å². The topological polar surface area (TPSA) is 217 Å². The van der Waals surface area contributed by atoms with Crippen molar-refractivity contribution >= 4 is 77.5 Å². The van der Waals surface area contributed by atoms with Crippen LogP contribution in [0.5, 0.6) is 0 Å². The fourth-order valence-corrected chi connectivity index (χ4v) is 11.4. The molecule has 4 aromatic rings. The molecule has 0 fully saturated rings. The Morgan fingerprint density at radius 3 is 0.636 bits per heavy atom. The maximum absolute atomic E-state index is 11.6. The van der Waals surface area contributed by atoms with Crippen LogP contribution in [0.3, 0.4) is 0 Å². The lowest BCUT2D eigenvalue weighted by molar-refractivity contribution is 0.481. The molecule has 4 N–H and O–H groups in total. The molecule has 0 atom stereocenters. The van der Waals surface area contributed by atoms with E-state index in [4.69, 9.17) is 0 Å². The summed E-state index contributed by atoms with van der Waals surface area (Å²) in [5.74, 6) is 0. The van der Waals surface area contributed by atoms with Crippen molar-refractivity contribution in [3.63, 3.8) is 0 Å². The van der Waals surface area contributed by atoms with Gasteiger partial charge in [-0.25, -0.2) is 0 Å². The zero-order valence-corrected chi connectivity index (χ0v) is 27.3. The van der Waals surface area contributed by atoms with Gasteiger partial charge in [0.05, 0.1) is 19.6 Å². The van der Waals surface area contributed by atoms with Crippen LogP contribution >= 0.6 is 15.8 Å². The lowest BCUT2D eigenvalue weighted by atomic mass is 10.4. The van der Waals surface area contributed by atoms with E-state index in [1.54, 1.807) is 0 Å². The van der Waals surface area contributed by atoms with Gasteiger partial charge in [-0.15, -0.1) is 0 Å². The molecule has 234 valence electrons. The first-order chi connectivity index (χ1) is 20.3. The fourth-order valence-electron chi connectivity index (χ4n) is 4.21. The minimum Gasteiger partial charge on any atom is -0.282 e. The summed E-state index contributed by atoms with van der Waals surface area (Å²) in [5.41, 5.74) is 0. The van der Waals surface area contributed by atoms with Crippen molar-refractivity contribution in [2.24, 2.45) is 0 Å². The van der Waals surface area contributed by atoms with Gasteiger partial charge in [-0.3, -0.25) is 18.2 Å². The van der Waals surface area contributed by atoms with Gasteiger partial charge in [-0.05, 0) is 97.9 Å². The first kappa shape index (κ1) is 34.3. The third-order valence-electron chi connectivity index (χ3n) is 6.33. The Bertz CT molecular complexity index is 1780. The molecule has 0 aromatic heterocycles. The van der Waals surface area contributed by atoms with E-state index in [2.05, 4.69) is 0 Å². The van der Waals surface area contributed by atoms with Crippen molar-refractivity contribution in [3.8, 4) is 0 Å². The third-order valence-corrected chi connectivity index (χ3v) is 15.2. The summed E-state index contributed by atoms with van der Waals surface area (Å²) in [7, 11) is -20.5. The highest BCUT2D eigenvalue weighted by molar-refractivity contribution is 7.86. The first-order valence-electron chi connectivity index (χ1n) is 12.2. The highest BCUT2D eigenvalue weighted by Gasteiger charge is 2.23. The standard InChI is InChI=1S/C26H24O12P2S4/c27-41(28,29)23-9-1-19(2-10-23)39(20-3-11-24(12-4-20)42(30,31)32)17-18-40(21-5-13-25(14-6-21)43(33,34)35)22-7-15-26(16-8-22)44(36,37)38/h1-16H,17-18H2,(H,27,28,29)(H,30,31,32)(H,33,34,35)(H,36,37,38). The Labute approximate surface area is 257 Å². The summed E-state index contributed by atoms with van der Waals surface area (Å²) < 4.78 is 130. The molecule has 0 radical (unpaired) electrons. The second-order valence-corrected chi connectivity index (χ2v) is 19.5. The highest BCUT2D eigenvalue weighted by atomic mass is 32.2. The van der Waals surface area contributed by atoms with Gasteiger partial charge >= 0.3 is 0 Å². The molecule has 12 nitrogen and oxygen atoms in total. The molecular weight excluding hydrogens is 694 g/mol. The summed E-state index contributed by atoms with van der Waals surface area (Å²) >= 11 is 0. The second kappa shape index (κ2) is 13.0. The largest absolute Gasteiger partial charge is 0.294 e. The van der Waals surface area contributed by atoms with E-state index in [9.17, 15) is 51.9 Å². The van der Waals surface area contributed by atoms with E-state index in [1.807, 2.05) is 0 Å². The Morgan fingerprint density at radius 2 is 0.500 bits per heavy atom. The van der Waals surface area contributed by atoms with E-state index >= 15 is 0 Å². The smallest absolute Gasteiger partial charge is 0.282 e. The van der Waals surface area contributed by atoms with Gasteiger partial charge in [0, 0.05) is 0 Å². The van der Waals surface area contributed by atoms with Gasteiger partial charge in [0.2, 0.25) is 0 Å². The van der Waals surface area contributed by atoms with Crippen LogP contribution < -0.4 is 21.2 Å². The average molecular weight is 719 g/mol. The summed E-state index contributed by atoms with van der Waals surface area (Å²) in [4.78, 5) is -1.29. The number of hydrogen-bond acceptors (Lipinski definition) is 8. The zero-order valence-electron chi connectivity index (χ0n) is 22.2. The van der Waals surface area contributed by atoms with Crippen molar-refractivity contribution in [1.29, 1.82) is 0 Å². The van der Waals surface area contributed by atoms with Crippen LogP contribution in [0.2, 0.25) is 0 Å². The van der Waals surface area contributed by atoms with Crippen LogP contribution in [0.15, 0.2) is 117 Å². The van der Waals surface area contributed by atoms with Crippen LogP contribution in [0, 0.1) is 0 Å². The monoisotopic (exact) mass is 718 g/mol. The molecule has 0 amide bonds. The van der Waals surface area contributed by atoms with Crippen LogP contribution in [0.1, 0.15) is 0 Å². The molecule has 4 rings (SSSR count). The van der Waals surface area contributed by atoms with Crippen molar-refractivity contribution in [2.75, 3.05) is 12.3 Å². The van der Waals surface area contributed by atoms with E-state index in [0.29, 0.717) is 33.5 Å². The molecule has 0 aliphatic carbocycles. The third kappa shape index (κ3) is 8.55. The molecule has 4 aromatic carbocycles. The summed E-state index contributed by atoms with van der Waals surface area (Å²) in [6.07, 6.45) is 0.829. The van der Waals surface area contributed by atoms with E-state index < -0.39 is 56.3 Å². The number of benzene rings is 4. The van der Waals surface area contributed by atoms with Crippen molar-refractivity contribution in [2.45, 2.75) is 19.6 Å². The molecule has 0 heterocycles. The van der Waals surface area contributed by atoms with Crippen molar-refractivity contribution in [3.05, 3.63) is 97.1 Å². The van der Waals surface area contributed by atoms with Crippen molar-refractivity contribution < 1.29 is 51.9 Å². The predicted octanol–water partition coefficient (Wildman–Crippen LogP) is 2.24. The first-order valence-corrected chi connectivity index (χ1v) is 21.0. The zero-order chi connectivity index (χ0) is 32.5. The Hall–Kier alpha value is -2.62. The molecule has 0 saturated heterocycles. The molecule has 0 aliphatic rings. The average Bonchev–Trinajstić information content (AvgIpc) is 2.94. The van der Waals surface area contributed by atoms with Gasteiger partial charge < -0.3 is 0 Å². The van der Waals surface area contributed by atoms with E-state index in [0.717, 1.165) is 0 Å². The maximum atomic E-state index is 11.6. The van der Waals surface area contributed by atoms with Gasteiger partial charge in [-0.2, -0.15) is 33.7 Å². The minimum absolute atomic E-state index is 0.321. The van der Waals surface area contributed by atoms with E-state index in [-0.39, 0.29) is 19.6 Å². The summed E-state index contributed by atoms with van der Waals surface area (Å²) in [6, 6.07) is 22.1. The van der Waals surface area contributed by atoms with Crippen LogP contribution in [-0.4, -0.2) is 64.2 Å². The summed E-state index contributed by atoms with van der Waals surface area (Å²) in [5, 5.41) is 2.69. The van der Waals surface area contributed by atoms with Crippen LogP contribution in [-0.2, 0) is 40.5 Å². The Morgan fingerprint density at radius 1 is 0.341 bits per heavy atom. The van der Waals surface area contributed by atoms with Gasteiger partial charge in [0.25, 0.3) is 40.5 Å². The number of hydrogen-bond donors (Lipinski definition) is 4. The lowest BCUT2D eigenvalue weighted by Crippen LogP contribution is -2.20. The van der Waals surface area contributed by atoms with E-state index in [1.165, 1.54) is 97.1 Å². The molecule has 18 heteroatoms. The van der Waals surface area contributed by atoms with Crippen LogP contribution in [0.4, 0.5) is 0 Å². The lowest BCUT2D eigenvalue weighted by Gasteiger charge is -2.24. The highest BCUT2D eigenvalue weighted by Crippen LogP contribution is 2.42. The quantitative estimate of drug-likeness (QED) is 0.130. The second-order valence-electron chi connectivity index (χ2n) is 9.18. The van der Waals surface area contributed by atoms with Crippen molar-refractivity contribution in [1.82, 2.24) is 0 Å². The van der Waals surface area contributed by atoms with Gasteiger partial charge in [0.15, 0.2) is 0 Å². The molecule has 0 spiro atoms. The molecule has 44 heavy (non-hydrogen) atoms. The molecule has 0 saturated carbocycles. The molecular formula is C26H24O12P2S4.